The summed E-state index contributed by atoms with van der Waals surface area (Å²) in [5, 5.41) is 10.6. The molecule has 0 spiro atoms. The quantitative estimate of drug-likeness (QED) is 0.377. The lowest BCUT2D eigenvalue weighted by Gasteiger charge is -2.25. The SMILES string of the molecule is CC(=O)O.COc1cc(CC2=C(NC(N)c3cc(N4CCCC4)ccc3C(F)(F)F)CCC2)cc(OC)c1. The van der Waals surface area contributed by atoms with Crippen molar-refractivity contribution in [2.24, 2.45) is 5.73 Å². The first kappa shape index (κ1) is 29.2. The number of ether oxygens (including phenoxy) is 2. The first-order chi connectivity index (χ1) is 18.0. The van der Waals surface area contributed by atoms with Crippen LogP contribution in [0, 0.1) is 0 Å². The van der Waals surface area contributed by atoms with Gasteiger partial charge in [0.2, 0.25) is 0 Å². The minimum absolute atomic E-state index is 0.0821. The molecule has 0 aromatic heterocycles. The number of rotatable bonds is 8. The van der Waals surface area contributed by atoms with Crippen molar-refractivity contribution < 1.29 is 32.5 Å². The van der Waals surface area contributed by atoms with E-state index in [1.807, 2.05) is 18.2 Å². The van der Waals surface area contributed by atoms with Gasteiger partial charge in [0.1, 0.15) is 17.7 Å². The molecule has 1 heterocycles. The third-order valence-corrected chi connectivity index (χ3v) is 6.64. The second kappa shape index (κ2) is 12.9. The number of alkyl halides is 3. The molecule has 0 amide bonds. The second-order valence-corrected chi connectivity index (χ2v) is 9.44. The van der Waals surface area contributed by atoms with Crippen LogP contribution < -0.4 is 25.4 Å². The zero-order valence-corrected chi connectivity index (χ0v) is 22.0. The number of carboxylic acids is 1. The molecule has 4 rings (SSSR count). The van der Waals surface area contributed by atoms with Crippen molar-refractivity contribution in [2.75, 3.05) is 32.2 Å². The second-order valence-electron chi connectivity index (χ2n) is 9.44. The molecular weight excluding hydrogens is 499 g/mol. The highest BCUT2D eigenvalue weighted by molar-refractivity contribution is 5.63. The third kappa shape index (κ3) is 7.80. The number of allylic oxidation sites excluding steroid dienone is 2. The topological polar surface area (TPSA) is 97.0 Å². The van der Waals surface area contributed by atoms with Gasteiger partial charge in [-0.3, -0.25) is 4.79 Å². The Kier molecular flexibility index (Phi) is 9.90. The molecule has 0 radical (unpaired) electrons. The molecular formula is C28H36F3N3O4. The number of nitrogens with one attached hydrogen (secondary N) is 1. The molecule has 1 atom stereocenters. The third-order valence-electron chi connectivity index (χ3n) is 6.64. The molecule has 1 unspecified atom stereocenters. The van der Waals surface area contributed by atoms with Crippen molar-refractivity contribution in [2.45, 2.75) is 57.8 Å². The minimum atomic E-state index is -4.47. The van der Waals surface area contributed by atoms with Crippen LogP contribution in [-0.2, 0) is 17.4 Å². The lowest BCUT2D eigenvalue weighted by Crippen LogP contribution is -2.31. The van der Waals surface area contributed by atoms with E-state index in [0.29, 0.717) is 17.9 Å². The highest BCUT2D eigenvalue weighted by atomic mass is 19.4. The summed E-state index contributed by atoms with van der Waals surface area (Å²) in [6.07, 6.45) is -0.109. The number of halogens is 3. The molecule has 2 aromatic rings. The predicted molar refractivity (Wildman–Crippen MR) is 140 cm³/mol. The first-order valence-corrected chi connectivity index (χ1v) is 12.6. The monoisotopic (exact) mass is 535 g/mol. The smallest absolute Gasteiger partial charge is 0.416 e. The highest BCUT2D eigenvalue weighted by Crippen LogP contribution is 2.38. The van der Waals surface area contributed by atoms with Crippen LogP contribution in [0.25, 0.3) is 0 Å². The van der Waals surface area contributed by atoms with E-state index in [0.717, 1.165) is 80.7 Å². The maximum atomic E-state index is 13.8. The van der Waals surface area contributed by atoms with Crippen LogP contribution in [0.4, 0.5) is 18.9 Å². The Morgan fingerprint density at radius 2 is 1.66 bits per heavy atom. The normalized spacial score (nSPS) is 16.1. The van der Waals surface area contributed by atoms with Crippen molar-refractivity contribution in [3.8, 4) is 11.5 Å². The first-order valence-electron chi connectivity index (χ1n) is 12.6. The van der Waals surface area contributed by atoms with Crippen LogP contribution in [0.2, 0.25) is 0 Å². The van der Waals surface area contributed by atoms with Crippen LogP contribution in [0.15, 0.2) is 47.7 Å². The van der Waals surface area contributed by atoms with Crippen LogP contribution in [0.5, 0.6) is 11.5 Å². The summed E-state index contributed by atoms with van der Waals surface area (Å²) in [5.74, 6) is 0.570. The fourth-order valence-electron chi connectivity index (χ4n) is 4.89. The minimum Gasteiger partial charge on any atom is -0.497 e. The largest absolute Gasteiger partial charge is 0.497 e. The molecule has 1 aliphatic heterocycles. The molecule has 2 aromatic carbocycles. The number of carboxylic acid groups (broad SMARTS) is 1. The van der Waals surface area contributed by atoms with Gasteiger partial charge < -0.3 is 30.5 Å². The summed E-state index contributed by atoms with van der Waals surface area (Å²) in [6.45, 7) is 2.79. The number of aliphatic carboxylic acids is 1. The number of hydrogen-bond donors (Lipinski definition) is 3. The molecule has 4 N–H and O–H groups in total. The van der Waals surface area contributed by atoms with Crippen molar-refractivity contribution in [3.63, 3.8) is 0 Å². The summed E-state index contributed by atoms with van der Waals surface area (Å²) in [7, 11) is 3.21. The molecule has 1 aliphatic carbocycles. The van der Waals surface area contributed by atoms with Gasteiger partial charge in [-0.2, -0.15) is 13.2 Å². The van der Waals surface area contributed by atoms with Crippen LogP contribution in [-0.4, -0.2) is 38.4 Å². The molecule has 7 nitrogen and oxygen atoms in total. The van der Waals surface area contributed by atoms with E-state index in [4.69, 9.17) is 25.1 Å². The predicted octanol–water partition coefficient (Wildman–Crippen LogP) is 5.64. The van der Waals surface area contributed by atoms with E-state index in [-0.39, 0.29) is 5.56 Å². The Hall–Kier alpha value is -3.40. The fourth-order valence-corrected chi connectivity index (χ4v) is 4.89. The Labute approximate surface area is 221 Å². The van der Waals surface area contributed by atoms with Gasteiger partial charge in [0, 0.05) is 43.0 Å². The van der Waals surface area contributed by atoms with E-state index in [2.05, 4.69) is 10.2 Å². The van der Waals surface area contributed by atoms with Crippen molar-refractivity contribution in [1.29, 1.82) is 0 Å². The molecule has 0 saturated carbocycles. The standard InChI is InChI=1S/C26H32F3N3O2.C2H4O2/c1-33-20-13-17(14-21(16-20)34-2)12-18-6-5-7-24(18)31-25(30)22-15-19(32-10-3-4-11-32)8-9-23(22)26(27,28)29;1-2(3)4/h8-9,13-16,25,31H,3-7,10-12,30H2,1-2H3;1H3,(H,3,4). The Bertz CT molecular complexity index is 1120. The number of nitrogens with two attached hydrogens (primary N) is 1. The number of hydrogen-bond acceptors (Lipinski definition) is 6. The molecule has 38 heavy (non-hydrogen) atoms. The van der Waals surface area contributed by atoms with Gasteiger partial charge in [-0.05, 0) is 80.0 Å². The van der Waals surface area contributed by atoms with Gasteiger partial charge in [-0.25, -0.2) is 0 Å². The molecule has 1 fully saturated rings. The van der Waals surface area contributed by atoms with Gasteiger partial charge in [0.05, 0.1) is 19.8 Å². The molecule has 2 aliphatic rings. The highest BCUT2D eigenvalue weighted by Gasteiger charge is 2.35. The van der Waals surface area contributed by atoms with Gasteiger partial charge in [0.25, 0.3) is 5.97 Å². The molecule has 0 bridgehead atoms. The maximum Gasteiger partial charge on any atom is 0.416 e. The Morgan fingerprint density at radius 1 is 1.05 bits per heavy atom. The molecule has 10 heteroatoms. The number of anilines is 1. The van der Waals surface area contributed by atoms with E-state index in [9.17, 15) is 13.2 Å². The number of carbonyl (C=O) groups is 1. The number of benzene rings is 2. The average Bonchev–Trinajstić information content (AvgIpc) is 3.55. The van der Waals surface area contributed by atoms with E-state index in [1.165, 1.54) is 0 Å². The average molecular weight is 536 g/mol. The van der Waals surface area contributed by atoms with Gasteiger partial charge in [0.15, 0.2) is 0 Å². The Morgan fingerprint density at radius 3 is 2.21 bits per heavy atom. The number of methoxy groups -OCH3 is 2. The van der Waals surface area contributed by atoms with Gasteiger partial charge >= 0.3 is 6.18 Å². The zero-order chi connectivity index (χ0) is 27.9. The van der Waals surface area contributed by atoms with E-state index < -0.39 is 23.9 Å². The maximum absolute atomic E-state index is 13.8. The summed E-state index contributed by atoms with van der Waals surface area (Å²) in [5.41, 5.74) is 9.67. The zero-order valence-electron chi connectivity index (χ0n) is 22.0. The summed E-state index contributed by atoms with van der Waals surface area (Å²) < 4.78 is 52.2. The summed E-state index contributed by atoms with van der Waals surface area (Å²) in [6, 6.07) is 10.0. The van der Waals surface area contributed by atoms with Crippen LogP contribution >= 0.6 is 0 Å². The van der Waals surface area contributed by atoms with E-state index >= 15 is 0 Å². The van der Waals surface area contributed by atoms with E-state index in [1.54, 1.807) is 26.4 Å². The van der Waals surface area contributed by atoms with Crippen LogP contribution in [0.3, 0.4) is 0 Å². The lowest BCUT2D eigenvalue weighted by molar-refractivity contribution is -0.138. The summed E-state index contributed by atoms with van der Waals surface area (Å²) in [4.78, 5) is 11.1. The molecule has 1 saturated heterocycles. The van der Waals surface area contributed by atoms with Crippen molar-refractivity contribution >= 4 is 11.7 Å². The van der Waals surface area contributed by atoms with Gasteiger partial charge in [-0.1, -0.05) is 0 Å². The van der Waals surface area contributed by atoms with Gasteiger partial charge in [-0.15, -0.1) is 0 Å². The molecule has 208 valence electrons. The lowest BCUT2D eigenvalue weighted by atomic mass is 10.0. The fraction of sp³-hybridized carbons (Fsp3) is 0.464. The van der Waals surface area contributed by atoms with Crippen LogP contribution in [0.1, 0.15) is 61.9 Å². The van der Waals surface area contributed by atoms with Crippen molar-refractivity contribution in [1.82, 2.24) is 5.32 Å². The van der Waals surface area contributed by atoms with Crippen molar-refractivity contribution in [3.05, 3.63) is 64.4 Å². The number of nitrogens with zero attached hydrogens (tertiary/aromatic N) is 1. The Balaban J connectivity index is 0.000000934. The summed E-state index contributed by atoms with van der Waals surface area (Å²) >= 11 is 0.